The van der Waals surface area contributed by atoms with E-state index in [9.17, 15) is 4.79 Å². The van der Waals surface area contributed by atoms with Crippen LogP contribution in [0.25, 0.3) is 11.8 Å². The van der Waals surface area contributed by atoms with Crippen molar-refractivity contribution >= 4 is 46.6 Å². The third kappa shape index (κ3) is 3.87. The zero-order valence-electron chi connectivity index (χ0n) is 16.1. The van der Waals surface area contributed by atoms with Crippen LogP contribution in [-0.2, 0) is 4.79 Å². The van der Waals surface area contributed by atoms with Crippen LogP contribution in [-0.4, -0.2) is 5.91 Å². The van der Waals surface area contributed by atoms with Gasteiger partial charge in [-0.3, -0.25) is 9.69 Å². The molecule has 29 heavy (non-hydrogen) atoms. The molecule has 1 aliphatic rings. The summed E-state index contributed by atoms with van der Waals surface area (Å²) in [4.78, 5) is 15.2. The number of hydrogen-bond acceptors (Lipinski definition) is 1. The Kier molecular flexibility index (Phi) is 5.31. The first-order valence-corrected chi connectivity index (χ1v) is 10.1. The normalized spacial score (nSPS) is 15.2. The van der Waals surface area contributed by atoms with Gasteiger partial charge in [-0.05, 0) is 72.5 Å². The van der Waals surface area contributed by atoms with Gasteiger partial charge in [-0.1, -0.05) is 65.7 Å². The molecule has 4 heteroatoms. The summed E-state index contributed by atoms with van der Waals surface area (Å²) in [7, 11) is 0. The number of rotatable bonds is 3. The van der Waals surface area contributed by atoms with E-state index in [0.29, 0.717) is 15.6 Å². The third-order valence-corrected chi connectivity index (χ3v) is 5.64. The summed E-state index contributed by atoms with van der Waals surface area (Å²) in [6.45, 7) is 4.11. The van der Waals surface area contributed by atoms with Crippen LogP contribution >= 0.6 is 23.2 Å². The Bertz CT molecular complexity index is 1160. The number of benzene rings is 3. The fraction of sp³-hybridized carbons (Fsp3) is 0.0800. The molecule has 0 saturated carbocycles. The SMILES string of the molecule is Cc1ccc(N2C(=O)/C(=C/c3ccc(Cl)cc3Cl)C=C2c2ccccc2)cc1C. The van der Waals surface area contributed by atoms with Crippen LogP contribution < -0.4 is 4.90 Å². The molecule has 1 aliphatic heterocycles. The highest BCUT2D eigenvalue weighted by Crippen LogP contribution is 2.36. The van der Waals surface area contributed by atoms with E-state index >= 15 is 0 Å². The first-order chi connectivity index (χ1) is 13.9. The van der Waals surface area contributed by atoms with Gasteiger partial charge in [0.05, 0.1) is 5.70 Å². The smallest absolute Gasteiger partial charge is 0.262 e. The molecule has 0 unspecified atom stereocenters. The monoisotopic (exact) mass is 419 g/mol. The quantitative estimate of drug-likeness (QED) is 0.415. The predicted octanol–water partition coefficient (Wildman–Crippen LogP) is 7.08. The van der Waals surface area contributed by atoms with Gasteiger partial charge in [0.2, 0.25) is 0 Å². The van der Waals surface area contributed by atoms with Crippen molar-refractivity contribution in [1.82, 2.24) is 0 Å². The predicted molar refractivity (Wildman–Crippen MR) is 122 cm³/mol. The highest BCUT2D eigenvalue weighted by atomic mass is 35.5. The fourth-order valence-electron chi connectivity index (χ4n) is 3.34. The van der Waals surface area contributed by atoms with Gasteiger partial charge >= 0.3 is 0 Å². The molecule has 0 bridgehead atoms. The Hall–Kier alpha value is -2.81. The second-order valence-corrected chi connectivity index (χ2v) is 7.91. The average Bonchev–Trinajstić information content (AvgIpc) is 3.03. The number of halogens is 2. The maximum atomic E-state index is 13.4. The Morgan fingerprint density at radius 2 is 1.62 bits per heavy atom. The lowest BCUT2D eigenvalue weighted by Gasteiger charge is -2.21. The molecular formula is C25H19Cl2NO. The van der Waals surface area contributed by atoms with Crippen molar-refractivity contribution in [1.29, 1.82) is 0 Å². The van der Waals surface area contributed by atoms with Crippen molar-refractivity contribution in [2.75, 3.05) is 4.90 Å². The fourth-order valence-corrected chi connectivity index (χ4v) is 3.81. The molecule has 0 aromatic heterocycles. The van der Waals surface area contributed by atoms with Crippen LogP contribution in [0.5, 0.6) is 0 Å². The summed E-state index contributed by atoms with van der Waals surface area (Å²) in [5.41, 5.74) is 6.32. The molecule has 0 aliphatic carbocycles. The molecule has 2 nitrogen and oxygen atoms in total. The van der Waals surface area contributed by atoms with E-state index < -0.39 is 0 Å². The van der Waals surface area contributed by atoms with E-state index in [4.69, 9.17) is 23.2 Å². The van der Waals surface area contributed by atoms with Gasteiger partial charge in [0.25, 0.3) is 5.91 Å². The number of nitrogens with zero attached hydrogens (tertiary/aromatic N) is 1. The molecule has 3 aromatic rings. The molecule has 1 heterocycles. The van der Waals surface area contributed by atoms with Crippen molar-refractivity contribution in [3.8, 4) is 0 Å². The minimum atomic E-state index is -0.0851. The number of amides is 1. The van der Waals surface area contributed by atoms with Gasteiger partial charge in [0.1, 0.15) is 0 Å². The van der Waals surface area contributed by atoms with Crippen LogP contribution in [0.3, 0.4) is 0 Å². The van der Waals surface area contributed by atoms with Gasteiger partial charge in [-0.2, -0.15) is 0 Å². The summed E-state index contributed by atoms with van der Waals surface area (Å²) < 4.78 is 0. The molecule has 0 spiro atoms. The summed E-state index contributed by atoms with van der Waals surface area (Å²) in [6.07, 6.45) is 3.72. The maximum absolute atomic E-state index is 13.4. The first-order valence-electron chi connectivity index (χ1n) is 9.29. The Balaban J connectivity index is 1.84. The molecule has 0 fully saturated rings. The van der Waals surface area contributed by atoms with Gasteiger partial charge in [0.15, 0.2) is 0 Å². The zero-order chi connectivity index (χ0) is 20.5. The summed E-state index contributed by atoms with van der Waals surface area (Å²) in [6, 6.07) is 21.2. The minimum Gasteiger partial charge on any atom is -0.276 e. The Labute approximate surface area is 180 Å². The van der Waals surface area contributed by atoms with E-state index in [0.717, 1.165) is 28.1 Å². The van der Waals surface area contributed by atoms with Crippen molar-refractivity contribution in [3.05, 3.63) is 111 Å². The zero-order valence-corrected chi connectivity index (χ0v) is 17.6. The minimum absolute atomic E-state index is 0.0851. The molecule has 0 saturated heterocycles. The lowest BCUT2D eigenvalue weighted by atomic mass is 10.1. The molecule has 144 valence electrons. The standard InChI is InChI=1S/C25H19Cl2NO/c1-16-8-11-22(12-17(16)2)28-24(18-6-4-3-5-7-18)14-20(25(28)29)13-19-9-10-21(26)15-23(19)27/h3-15H,1-2H3/b20-13+. The van der Waals surface area contributed by atoms with Gasteiger partial charge in [-0.25, -0.2) is 0 Å². The summed E-state index contributed by atoms with van der Waals surface area (Å²) in [5, 5.41) is 1.07. The number of aryl methyl sites for hydroxylation is 2. The van der Waals surface area contributed by atoms with Crippen LogP contribution in [0.4, 0.5) is 5.69 Å². The molecule has 4 rings (SSSR count). The van der Waals surface area contributed by atoms with E-state index in [1.165, 1.54) is 5.56 Å². The van der Waals surface area contributed by atoms with Gasteiger partial charge in [0, 0.05) is 21.3 Å². The maximum Gasteiger partial charge on any atom is 0.262 e. The van der Waals surface area contributed by atoms with Crippen LogP contribution in [0.2, 0.25) is 10.0 Å². The van der Waals surface area contributed by atoms with Gasteiger partial charge in [-0.15, -0.1) is 0 Å². The number of carbonyl (C=O) groups excluding carboxylic acids is 1. The summed E-state index contributed by atoms with van der Waals surface area (Å²) in [5.74, 6) is -0.0851. The average molecular weight is 420 g/mol. The topological polar surface area (TPSA) is 20.3 Å². The molecule has 0 N–H and O–H groups in total. The van der Waals surface area contributed by atoms with E-state index in [1.807, 2.05) is 66.7 Å². The molecule has 0 radical (unpaired) electrons. The number of hydrogen-bond donors (Lipinski definition) is 0. The Morgan fingerprint density at radius 1 is 0.862 bits per heavy atom. The van der Waals surface area contributed by atoms with Crippen molar-refractivity contribution in [2.24, 2.45) is 0 Å². The van der Waals surface area contributed by atoms with Crippen molar-refractivity contribution in [2.45, 2.75) is 13.8 Å². The van der Waals surface area contributed by atoms with Crippen molar-refractivity contribution in [3.63, 3.8) is 0 Å². The third-order valence-electron chi connectivity index (χ3n) is 5.07. The van der Waals surface area contributed by atoms with E-state index in [1.54, 1.807) is 17.0 Å². The van der Waals surface area contributed by atoms with Crippen LogP contribution in [0.1, 0.15) is 22.3 Å². The Morgan fingerprint density at radius 3 is 2.31 bits per heavy atom. The first kappa shape index (κ1) is 19.5. The molecule has 3 aromatic carbocycles. The number of carbonyl (C=O) groups is 1. The molecule has 1 amide bonds. The van der Waals surface area contributed by atoms with E-state index in [-0.39, 0.29) is 5.91 Å². The highest BCUT2D eigenvalue weighted by molar-refractivity contribution is 6.35. The van der Waals surface area contributed by atoms with Crippen LogP contribution in [0, 0.1) is 13.8 Å². The lowest BCUT2D eigenvalue weighted by molar-refractivity contribution is -0.113. The number of anilines is 1. The second kappa shape index (κ2) is 7.90. The largest absolute Gasteiger partial charge is 0.276 e. The molecular weight excluding hydrogens is 401 g/mol. The van der Waals surface area contributed by atoms with Gasteiger partial charge < -0.3 is 0 Å². The lowest BCUT2D eigenvalue weighted by Crippen LogP contribution is -2.25. The summed E-state index contributed by atoms with van der Waals surface area (Å²) >= 11 is 12.3. The van der Waals surface area contributed by atoms with Crippen LogP contribution in [0.15, 0.2) is 78.4 Å². The second-order valence-electron chi connectivity index (χ2n) is 7.07. The van der Waals surface area contributed by atoms with Crippen molar-refractivity contribution < 1.29 is 4.79 Å². The molecule has 0 atom stereocenters. The van der Waals surface area contributed by atoms with E-state index in [2.05, 4.69) is 13.8 Å². The highest BCUT2D eigenvalue weighted by Gasteiger charge is 2.30.